The van der Waals surface area contributed by atoms with Gasteiger partial charge in [0.25, 0.3) is 0 Å². The van der Waals surface area contributed by atoms with Crippen LogP contribution in [0.3, 0.4) is 0 Å². The average Bonchev–Trinajstić information content (AvgIpc) is 2.23. The van der Waals surface area contributed by atoms with Gasteiger partial charge in [-0.3, -0.25) is 4.79 Å². The van der Waals surface area contributed by atoms with Crippen molar-refractivity contribution in [1.29, 1.82) is 0 Å². The highest BCUT2D eigenvalue weighted by atomic mass is 16.4. The van der Waals surface area contributed by atoms with E-state index in [1.54, 1.807) is 0 Å². The van der Waals surface area contributed by atoms with Gasteiger partial charge in [-0.2, -0.15) is 0 Å². The maximum atomic E-state index is 11.1. The minimum absolute atomic E-state index is 0.109. The highest BCUT2D eigenvalue weighted by molar-refractivity contribution is 5.83. The predicted molar refractivity (Wildman–Crippen MR) is 45.0 cm³/mol. The van der Waals surface area contributed by atoms with E-state index in [1.807, 2.05) is 0 Å². The van der Waals surface area contributed by atoms with E-state index in [0.717, 1.165) is 12.8 Å². The summed E-state index contributed by atoms with van der Waals surface area (Å²) in [6.07, 6.45) is 2.05. The SMILES string of the molecule is CC(=O)N1C[C@@H]2CC[C@@H]2[C@@H]1C(=O)O. The van der Waals surface area contributed by atoms with E-state index in [-0.39, 0.29) is 11.8 Å². The van der Waals surface area contributed by atoms with Crippen LogP contribution in [-0.4, -0.2) is 34.5 Å². The van der Waals surface area contributed by atoms with E-state index >= 15 is 0 Å². The van der Waals surface area contributed by atoms with Gasteiger partial charge in [0.2, 0.25) is 5.91 Å². The molecule has 3 atom stereocenters. The smallest absolute Gasteiger partial charge is 0.326 e. The number of carboxylic acid groups (broad SMARTS) is 1. The highest BCUT2D eigenvalue weighted by Crippen LogP contribution is 2.44. The first-order valence-corrected chi connectivity index (χ1v) is 4.61. The highest BCUT2D eigenvalue weighted by Gasteiger charge is 2.51. The molecule has 1 N–H and O–H groups in total. The van der Waals surface area contributed by atoms with Crippen molar-refractivity contribution in [3.05, 3.63) is 0 Å². The van der Waals surface area contributed by atoms with Crippen molar-refractivity contribution in [2.24, 2.45) is 11.8 Å². The molecule has 1 amide bonds. The number of likely N-dealkylation sites (tertiary alicyclic amines) is 1. The van der Waals surface area contributed by atoms with Crippen molar-refractivity contribution in [3.8, 4) is 0 Å². The summed E-state index contributed by atoms with van der Waals surface area (Å²) >= 11 is 0. The van der Waals surface area contributed by atoms with Gasteiger partial charge >= 0.3 is 5.97 Å². The lowest BCUT2D eigenvalue weighted by molar-refractivity contribution is -0.149. The molecular formula is C9H13NO3. The monoisotopic (exact) mass is 183 g/mol. The van der Waals surface area contributed by atoms with Crippen LogP contribution >= 0.6 is 0 Å². The van der Waals surface area contributed by atoms with Gasteiger partial charge in [0.15, 0.2) is 0 Å². The van der Waals surface area contributed by atoms with E-state index in [0.29, 0.717) is 12.5 Å². The molecule has 0 aromatic rings. The summed E-state index contributed by atoms with van der Waals surface area (Å²) in [7, 11) is 0. The molecule has 13 heavy (non-hydrogen) atoms. The van der Waals surface area contributed by atoms with Crippen LogP contribution in [0, 0.1) is 11.8 Å². The van der Waals surface area contributed by atoms with Crippen LogP contribution in [0.1, 0.15) is 19.8 Å². The Hall–Kier alpha value is -1.06. The van der Waals surface area contributed by atoms with Crippen molar-refractivity contribution >= 4 is 11.9 Å². The molecule has 0 bridgehead atoms. The molecule has 2 rings (SSSR count). The minimum atomic E-state index is -0.845. The summed E-state index contributed by atoms with van der Waals surface area (Å²) in [6, 6.07) is -0.545. The molecule has 2 fully saturated rings. The van der Waals surface area contributed by atoms with Crippen LogP contribution in [0.25, 0.3) is 0 Å². The van der Waals surface area contributed by atoms with Crippen molar-refractivity contribution in [2.45, 2.75) is 25.8 Å². The van der Waals surface area contributed by atoms with E-state index in [9.17, 15) is 9.59 Å². The van der Waals surface area contributed by atoms with Crippen LogP contribution in [-0.2, 0) is 9.59 Å². The second-order valence-electron chi connectivity index (χ2n) is 3.96. The van der Waals surface area contributed by atoms with Gasteiger partial charge in [-0.15, -0.1) is 0 Å². The molecule has 4 heteroatoms. The molecule has 4 nitrogen and oxygen atoms in total. The lowest BCUT2D eigenvalue weighted by atomic mass is 9.73. The van der Waals surface area contributed by atoms with Crippen LogP contribution in [0.2, 0.25) is 0 Å². The number of carbonyl (C=O) groups excluding carboxylic acids is 1. The van der Waals surface area contributed by atoms with Gasteiger partial charge in [0.05, 0.1) is 0 Å². The molecule has 0 aromatic carbocycles. The number of aliphatic carboxylic acids is 1. The van der Waals surface area contributed by atoms with E-state index in [4.69, 9.17) is 5.11 Å². The summed E-state index contributed by atoms with van der Waals surface area (Å²) in [4.78, 5) is 23.6. The van der Waals surface area contributed by atoms with Gasteiger partial charge in [0, 0.05) is 13.5 Å². The first-order valence-electron chi connectivity index (χ1n) is 4.61. The number of carbonyl (C=O) groups is 2. The lowest BCUT2D eigenvalue weighted by Gasteiger charge is -2.31. The number of fused-ring (bicyclic) bond motifs is 1. The quantitative estimate of drug-likeness (QED) is 0.637. The molecule has 1 aliphatic carbocycles. The molecule has 1 aliphatic heterocycles. The van der Waals surface area contributed by atoms with Crippen LogP contribution in [0.15, 0.2) is 0 Å². The van der Waals surface area contributed by atoms with Gasteiger partial charge in [0.1, 0.15) is 6.04 Å². The third-order valence-corrected chi connectivity index (χ3v) is 3.31. The average molecular weight is 183 g/mol. The normalized spacial score (nSPS) is 36.7. The fraction of sp³-hybridized carbons (Fsp3) is 0.778. The Labute approximate surface area is 76.5 Å². The minimum Gasteiger partial charge on any atom is -0.480 e. The standard InChI is InChI=1S/C9H13NO3/c1-5(11)10-4-6-2-3-7(6)8(10)9(12)13/h6-8H,2-4H2,1H3,(H,12,13)/t6-,7-,8+/m0/s1. The molecule has 1 heterocycles. The summed E-state index contributed by atoms with van der Waals surface area (Å²) < 4.78 is 0. The summed E-state index contributed by atoms with van der Waals surface area (Å²) in [6.45, 7) is 2.09. The summed E-state index contributed by atoms with van der Waals surface area (Å²) in [5, 5.41) is 8.96. The number of amides is 1. The zero-order valence-electron chi connectivity index (χ0n) is 7.56. The van der Waals surface area contributed by atoms with Gasteiger partial charge < -0.3 is 10.0 Å². The fourth-order valence-corrected chi connectivity index (χ4v) is 2.48. The molecule has 0 radical (unpaired) electrons. The Morgan fingerprint density at radius 3 is 2.46 bits per heavy atom. The molecular weight excluding hydrogens is 170 g/mol. The third kappa shape index (κ3) is 1.12. The Morgan fingerprint density at radius 2 is 2.08 bits per heavy atom. The van der Waals surface area contributed by atoms with E-state index in [2.05, 4.69) is 0 Å². The van der Waals surface area contributed by atoms with Gasteiger partial charge in [-0.1, -0.05) is 0 Å². The lowest BCUT2D eigenvalue weighted by Crippen LogP contribution is -2.43. The van der Waals surface area contributed by atoms with Crippen molar-refractivity contribution in [1.82, 2.24) is 4.90 Å². The summed E-state index contributed by atoms with van der Waals surface area (Å²) in [5.74, 6) is -0.282. The molecule has 2 aliphatic rings. The zero-order chi connectivity index (χ0) is 9.59. The second kappa shape index (κ2) is 2.72. The van der Waals surface area contributed by atoms with Crippen LogP contribution in [0.5, 0.6) is 0 Å². The number of carboxylic acids is 1. The topological polar surface area (TPSA) is 57.6 Å². The van der Waals surface area contributed by atoms with E-state index < -0.39 is 12.0 Å². The summed E-state index contributed by atoms with van der Waals surface area (Å²) in [5.41, 5.74) is 0. The maximum Gasteiger partial charge on any atom is 0.326 e. The molecule has 0 spiro atoms. The van der Waals surface area contributed by atoms with Crippen molar-refractivity contribution in [2.75, 3.05) is 6.54 Å². The second-order valence-corrected chi connectivity index (χ2v) is 3.96. The predicted octanol–water partition coefficient (Wildman–Crippen LogP) is 0.328. The maximum absolute atomic E-state index is 11.1. The van der Waals surface area contributed by atoms with Gasteiger partial charge in [-0.25, -0.2) is 4.79 Å². The number of nitrogens with zero attached hydrogens (tertiary/aromatic N) is 1. The number of hydrogen-bond donors (Lipinski definition) is 1. The van der Waals surface area contributed by atoms with Gasteiger partial charge in [-0.05, 0) is 24.7 Å². The Morgan fingerprint density at radius 1 is 1.38 bits per heavy atom. The van der Waals surface area contributed by atoms with Crippen LogP contribution < -0.4 is 0 Å². The first kappa shape index (κ1) is 8.53. The zero-order valence-corrected chi connectivity index (χ0v) is 7.56. The Kier molecular flexibility index (Phi) is 1.78. The molecule has 0 aromatic heterocycles. The van der Waals surface area contributed by atoms with Crippen molar-refractivity contribution in [3.63, 3.8) is 0 Å². The first-order chi connectivity index (χ1) is 6.11. The molecule has 72 valence electrons. The fourth-order valence-electron chi connectivity index (χ4n) is 2.48. The third-order valence-electron chi connectivity index (χ3n) is 3.31. The molecule has 0 unspecified atom stereocenters. The van der Waals surface area contributed by atoms with E-state index in [1.165, 1.54) is 11.8 Å². The van der Waals surface area contributed by atoms with Crippen LogP contribution in [0.4, 0.5) is 0 Å². The Bertz CT molecular complexity index is 264. The molecule has 1 saturated carbocycles. The largest absolute Gasteiger partial charge is 0.480 e. The Balaban J connectivity index is 2.19. The van der Waals surface area contributed by atoms with Crippen molar-refractivity contribution < 1.29 is 14.7 Å². The number of rotatable bonds is 1. The number of hydrogen-bond acceptors (Lipinski definition) is 2. The molecule has 1 saturated heterocycles.